The molecule has 2 aromatic heterocycles. The Bertz CT molecular complexity index is 1230. The monoisotopic (exact) mass is 430 g/mol. The molecule has 2 heterocycles. The molecule has 0 saturated heterocycles. The summed E-state index contributed by atoms with van der Waals surface area (Å²) in [4.78, 5) is 34.6. The summed E-state index contributed by atoms with van der Waals surface area (Å²) in [6, 6.07) is 22.0. The molecule has 8 heteroatoms. The van der Waals surface area contributed by atoms with Crippen LogP contribution in [0.3, 0.4) is 0 Å². The highest BCUT2D eigenvalue weighted by molar-refractivity contribution is 7.22. The van der Waals surface area contributed by atoms with Crippen molar-refractivity contribution in [2.45, 2.75) is 0 Å². The van der Waals surface area contributed by atoms with Gasteiger partial charge in [-0.05, 0) is 36.4 Å². The average molecular weight is 431 g/mol. The molecular weight excluding hydrogens is 416 g/mol. The second-order valence-electron chi connectivity index (χ2n) is 6.43. The fourth-order valence-electron chi connectivity index (χ4n) is 3.06. The van der Waals surface area contributed by atoms with E-state index in [1.54, 1.807) is 24.3 Å². The van der Waals surface area contributed by atoms with Gasteiger partial charge in [-0.3, -0.25) is 20.2 Å². The Labute approximate surface area is 179 Å². The lowest BCUT2D eigenvalue weighted by Crippen LogP contribution is -2.20. The van der Waals surface area contributed by atoms with Crippen LogP contribution in [0.5, 0.6) is 0 Å². The minimum Gasteiger partial charge on any atom is -0.298 e. The van der Waals surface area contributed by atoms with E-state index in [1.807, 2.05) is 48.5 Å². The van der Waals surface area contributed by atoms with Crippen molar-refractivity contribution in [1.29, 1.82) is 0 Å². The molecule has 0 unspecified atom stereocenters. The minimum absolute atomic E-state index is 0.273. The fourth-order valence-corrected chi connectivity index (χ4v) is 4.78. The molecule has 30 heavy (non-hydrogen) atoms. The molecule has 0 spiro atoms. The Morgan fingerprint density at radius 2 is 1.00 bits per heavy atom. The molecule has 2 amide bonds. The lowest BCUT2D eigenvalue weighted by atomic mass is 10.1. The highest BCUT2D eigenvalue weighted by atomic mass is 32.1. The van der Waals surface area contributed by atoms with Crippen LogP contribution >= 0.6 is 22.7 Å². The van der Waals surface area contributed by atoms with Crippen LogP contribution in [-0.2, 0) is 0 Å². The molecule has 0 aliphatic heterocycles. The van der Waals surface area contributed by atoms with Crippen LogP contribution < -0.4 is 10.6 Å². The maximum Gasteiger partial charge on any atom is 0.258 e. The first kappa shape index (κ1) is 18.4. The van der Waals surface area contributed by atoms with Crippen LogP contribution in [0.4, 0.5) is 10.3 Å². The summed E-state index contributed by atoms with van der Waals surface area (Å²) in [5.41, 5.74) is 2.19. The lowest BCUT2D eigenvalue weighted by Gasteiger charge is -2.08. The second kappa shape index (κ2) is 7.66. The summed E-state index contributed by atoms with van der Waals surface area (Å²) < 4.78 is 1.96. The van der Waals surface area contributed by atoms with Gasteiger partial charge in [-0.1, -0.05) is 59.1 Å². The Morgan fingerprint density at radius 3 is 1.43 bits per heavy atom. The van der Waals surface area contributed by atoms with E-state index in [2.05, 4.69) is 20.6 Å². The molecule has 5 aromatic rings. The molecule has 2 N–H and O–H groups in total. The van der Waals surface area contributed by atoms with Gasteiger partial charge < -0.3 is 0 Å². The van der Waals surface area contributed by atoms with Crippen molar-refractivity contribution < 1.29 is 9.59 Å². The van der Waals surface area contributed by atoms with Gasteiger partial charge >= 0.3 is 0 Å². The number of para-hydroxylation sites is 2. The van der Waals surface area contributed by atoms with Crippen molar-refractivity contribution in [2.24, 2.45) is 0 Å². The quantitative estimate of drug-likeness (QED) is 0.399. The third-order valence-corrected chi connectivity index (χ3v) is 6.35. The van der Waals surface area contributed by atoms with E-state index in [9.17, 15) is 9.59 Å². The number of nitrogens with one attached hydrogen (secondary N) is 2. The van der Waals surface area contributed by atoms with Crippen LogP contribution in [-0.4, -0.2) is 21.8 Å². The maximum atomic E-state index is 12.9. The molecule has 0 fully saturated rings. The molecule has 5 rings (SSSR count). The number of benzene rings is 3. The Hall–Kier alpha value is -3.62. The summed E-state index contributed by atoms with van der Waals surface area (Å²) in [7, 11) is 0. The summed E-state index contributed by atoms with van der Waals surface area (Å²) in [6.45, 7) is 0. The van der Waals surface area contributed by atoms with Crippen molar-refractivity contribution in [3.8, 4) is 0 Å². The summed E-state index contributed by atoms with van der Waals surface area (Å²) in [5.74, 6) is -0.770. The molecular formula is C22H14N4O2S2. The predicted octanol–water partition coefficient (Wildman–Crippen LogP) is 5.41. The molecule has 146 valence electrons. The van der Waals surface area contributed by atoms with E-state index in [4.69, 9.17) is 0 Å². The zero-order chi connectivity index (χ0) is 20.5. The number of nitrogens with zero attached hydrogens (tertiary/aromatic N) is 2. The average Bonchev–Trinajstić information content (AvgIpc) is 3.36. The summed E-state index contributed by atoms with van der Waals surface area (Å²) in [6.07, 6.45) is 0. The molecule has 0 saturated carbocycles. The van der Waals surface area contributed by atoms with E-state index in [0.29, 0.717) is 10.3 Å². The van der Waals surface area contributed by atoms with Gasteiger partial charge in [-0.2, -0.15) is 0 Å². The predicted molar refractivity (Wildman–Crippen MR) is 122 cm³/mol. The molecule has 0 aliphatic carbocycles. The Balaban J connectivity index is 1.39. The third kappa shape index (κ3) is 3.54. The summed E-state index contributed by atoms with van der Waals surface area (Å²) >= 11 is 2.78. The maximum absolute atomic E-state index is 12.9. The van der Waals surface area contributed by atoms with E-state index in [-0.39, 0.29) is 22.9 Å². The number of amides is 2. The SMILES string of the molecule is O=C(Nc1nc2ccccc2s1)c1ccccc1C(=O)Nc1nc2ccccc2s1. The van der Waals surface area contributed by atoms with Crippen LogP contribution in [0.25, 0.3) is 20.4 Å². The third-order valence-electron chi connectivity index (χ3n) is 4.45. The van der Waals surface area contributed by atoms with Gasteiger partial charge in [-0.15, -0.1) is 0 Å². The molecule has 0 radical (unpaired) electrons. The van der Waals surface area contributed by atoms with E-state index >= 15 is 0 Å². The fraction of sp³-hybridized carbons (Fsp3) is 0. The number of aromatic nitrogens is 2. The molecule has 0 bridgehead atoms. The van der Waals surface area contributed by atoms with Gasteiger partial charge in [0.15, 0.2) is 10.3 Å². The van der Waals surface area contributed by atoms with Crippen molar-refractivity contribution in [3.05, 3.63) is 83.9 Å². The smallest absolute Gasteiger partial charge is 0.258 e. The first-order valence-electron chi connectivity index (χ1n) is 9.10. The number of anilines is 2. The Kier molecular flexibility index (Phi) is 4.70. The van der Waals surface area contributed by atoms with E-state index in [1.165, 1.54) is 22.7 Å². The van der Waals surface area contributed by atoms with Gasteiger partial charge in [-0.25, -0.2) is 9.97 Å². The molecule has 0 aliphatic rings. The normalized spacial score (nSPS) is 10.9. The van der Waals surface area contributed by atoms with E-state index in [0.717, 1.165) is 20.4 Å². The van der Waals surface area contributed by atoms with Crippen LogP contribution in [0.1, 0.15) is 20.7 Å². The van der Waals surface area contributed by atoms with Crippen LogP contribution in [0, 0.1) is 0 Å². The number of carbonyl (C=O) groups excluding carboxylic acids is 2. The first-order chi connectivity index (χ1) is 14.7. The van der Waals surface area contributed by atoms with Gasteiger partial charge in [0.2, 0.25) is 0 Å². The van der Waals surface area contributed by atoms with Gasteiger partial charge in [0.25, 0.3) is 11.8 Å². The standard InChI is InChI=1S/C22H14N4O2S2/c27-19(25-21-23-15-9-3-5-11-17(15)29-21)13-7-1-2-8-14(13)20(28)26-22-24-16-10-4-6-12-18(16)30-22/h1-12H,(H,23,25,27)(H,24,26,28). The van der Waals surface area contributed by atoms with Crippen molar-refractivity contribution >= 4 is 65.2 Å². The zero-order valence-electron chi connectivity index (χ0n) is 15.5. The topological polar surface area (TPSA) is 84.0 Å². The first-order valence-corrected chi connectivity index (χ1v) is 10.7. The van der Waals surface area contributed by atoms with Crippen molar-refractivity contribution in [1.82, 2.24) is 9.97 Å². The minimum atomic E-state index is -0.385. The van der Waals surface area contributed by atoms with Gasteiger partial charge in [0.05, 0.1) is 31.6 Å². The number of thiazole rings is 2. The van der Waals surface area contributed by atoms with Crippen LogP contribution in [0.15, 0.2) is 72.8 Å². The molecule has 6 nitrogen and oxygen atoms in total. The number of hydrogen-bond donors (Lipinski definition) is 2. The van der Waals surface area contributed by atoms with Gasteiger partial charge in [0, 0.05) is 0 Å². The van der Waals surface area contributed by atoms with Crippen molar-refractivity contribution in [2.75, 3.05) is 10.6 Å². The summed E-state index contributed by atoms with van der Waals surface area (Å²) in [5, 5.41) is 6.58. The molecule has 3 aromatic carbocycles. The van der Waals surface area contributed by atoms with Crippen molar-refractivity contribution in [3.63, 3.8) is 0 Å². The molecule has 0 atom stereocenters. The Morgan fingerprint density at radius 1 is 0.600 bits per heavy atom. The zero-order valence-corrected chi connectivity index (χ0v) is 17.1. The van der Waals surface area contributed by atoms with Crippen LogP contribution in [0.2, 0.25) is 0 Å². The second-order valence-corrected chi connectivity index (χ2v) is 8.49. The van der Waals surface area contributed by atoms with E-state index < -0.39 is 0 Å². The number of fused-ring (bicyclic) bond motifs is 2. The number of carbonyl (C=O) groups is 2. The largest absolute Gasteiger partial charge is 0.298 e. The lowest BCUT2D eigenvalue weighted by molar-refractivity contribution is 0.0990. The highest BCUT2D eigenvalue weighted by Crippen LogP contribution is 2.27. The number of hydrogen-bond acceptors (Lipinski definition) is 6. The highest BCUT2D eigenvalue weighted by Gasteiger charge is 2.19. The van der Waals surface area contributed by atoms with Gasteiger partial charge in [0.1, 0.15) is 0 Å². The number of rotatable bonds is 4.